The van der Waals surface area contributed by atoms with Crippen molar-refractivity contribution in [3.63, 3.8) is 0 Å². The van der Waals surface area contributed by atoms with Crippen molar-refractivity contribution < 1.29 is 13.2 Å². The van der Waals surface area contributed by atoms with Crippen LogP contribution in [0.5, 0.6) is 0 Å². The number of sulfone groups is 1. The molecule has 0 aliphatic carbocycles. The molecule has 0 amide bonds. The molecule has 2 aromatic heterocycles. The Bertz CT molecular complexity index is 1010. The Balaban J connectivity index is 1.77. The number of ether oxygens (including phenoxy) is 1. The van der Waals surface area contributed by atoms with Crippen molar-refractivity contribution in [3.05, 3.63) is 24.0 Å². The Kier molecular flexibility index (Phi) is 4.00. The highest BCUT2D eigenvalue weighted by Gasteiger charge is 2.32. The highest BCUT2D eigenvalue weighted by atomic mass is 32.2. The number of aromatic amines is 1. The van der Waals surface area contributed by atoms with Crippen LogP contribution >= 0.6 is 0 Å². The maximum Gasteiger partial charge on any atom is 0.158 e. The molecular weight excluding hydrogens is 344 g/mol. The van der Waals surface area contributed by atoms with E-state index in [1.54, 1.807) is 11.8 Å². The second-order valence-corrected chi connectivity index (χ2v) is 8.35. The summed E-state index contributed by atoms with van der Waals surface area (Å²) in [6.45, 7) is 0.509. The summed E-state index contributed by atoms with van der Waals surface area (Å²) in [7, 11) is -1.39. The first-order valence-corrected chi connectivity index (χ1v) is 9.83. The molecule has 3 aromatic rings. The molecule has 9 nitrogen and oxygen atoms in total. The topological polar surface area (TPSA) is 116 Å². The van der Waals surface area contributed by atoms with Gasteiger partial charge in [-0.3, -0.25) is 0 Å². The summed E-state index contributed by atoms with van der Waals surface area (Å²) in [5, 5.41) is 15.3. The lowest BCUT2D eigenvalue weighted by Crippen LogP contribution is -2.14. The molecule has 1 unspecified atom stereocenters. The normalized spacial score (nSPS) is 19.6. The zero-order chi connectivity index (χ0) is 17.4. The van der Waals surface area contributed by atoms with Crippen LogP contribution in [0, 0.1) is 0 Å². The SMILES string of the molecule is COCCc1nc(-c2ccc3n[nH]nc3c2)n(C2CCS(=O)(=O)C2)n1. The number of benzene rings is 1. The van der Waals surface area contributed by atoms with Gasteiger partial charge in [0.25, 0.3) is 0 Å². The van der Waals surface area contributed by atoms with E-state index in [4.69, 9.17) is 4.74 Å². The van der Waals surface area contributed by atoms with Crippen molar-refractivity contribution in [2.75, 3.05) is 25.2 Å². The van der Waals surface area contributed by atoms with Crippen LogP contribution in [0.25, 0.3) is 22.4 Å². The molecular formula is C15H18N6O3S. The number of nitrogens with one attached hydrogen (secondary N) is 1. The summed E-state index contributed by atoms with van der Waals surface area (Å²) in [5.41, 5.74) is 2.32. The van der Waals surface area contributed by atoms with Crippen molar-refractivity contribution in [2.45, 2.75) is 18.9 Å². The van der Waals surface area contributed by atoms with Crippen molar-refractivity contribution in [1.29, 1.82) is 0 Å². The second kappa shape index (κ2) is 6.19. The first-order chi connectivity index (χ1) is 12.1. The van der Waals surface area contributed by atoms with E-state index >= 15 is 0 Å². The maximum atomic E-state index is 11.9. The van der Waals surface area contributed by atoms with Crippen LogP contribution in [-0.2, 0) is 21.0 Å². The lowest BCUT2D eigenvalue weighted by atomic mass is 10.1. The average Bonchev–Trinajstić information content (AvgIpc) is 3.29. The molecule has 0 bridgehead atoms. The molecule has 1 saturated heterocycles. The Hall–Kier alpha value is -2.33. The van der Waals surface area contributed by atoms with E-state index in [9.17, 15) is 8.42 Å². The fraction of sp³-hybridized carbons (Fsp3) is 0.467. The number of aromatic nitrogens is 6. The van der Waals surface area contributed by atoms with Gasteiger partial charge in [0, 0.05) is 19.1 Å². The summed E-state index contributed by atoms with van der Waals surface area (Å²) in [4.78, 5) is 4.62. The minimum absolute atomic E-state index is 0.0965. The quantitative estimate of drug-likeness (QED) is 0.712. The number of nitrogens with zero attached hydrogens (tertiary/aromatic N) is 5. The number of methoxy groups -OCH3 is 1. The Morgan fingerprint density at radius 3 is 2.92 bits per heavy atom. The summed E-state index contributed by atoms with van der Waals surface area (Å²) < 4.78 is 30.6. The van der Waals surface area contributed by atoms with Crippen LogP contribution in [0.15, 0.2) is 18.2 Å². The third kappa shape index (κ3) is 3.14. The minimum atomic E-state index is -3.02. The molecule has 1 aliphatic heterocycles. The number of hydrogen-bond donors (Lipinski definition) is 1. The second-order valence-electron chi connectivity index (χ2n) is 6.12. The molecule has 132 valence electrons. The highest BCUT2D eigenvalue weighted by molar-refractivity contribution is 7.91. The van der Waals surface area contributed by atoms with E-state index in [1.165, 1.54) is 0 Å². The van der Waals surface area contributed by atoms with Gasteiger partial charge >= 0.3 is 0 Å². The van der Waals surface area contributed by atoms with Gasteiger partial charge in [-0.1, -0.05) is 0 Å². The molecule has 0 spiro atoms. The number of rotatable bonds is 5. The summed E-state index contributed by atoms with van der Waals surface area (Å²) in [5.74, 6) is 1.57. The van der Waals surface area contributed by atoms with Gasteiger partial charge in [0.2, 0.25) is 0 Å². The predicted octanol–water partition coefficient (Wildman–Crippen LogP) is 0.765. The molecule has 1 aromatic carbocycles. The van der Waals surface area contributed by atoms with E-state index in [-0.39, 0.29) is 17.5 Å². The standard InChI is InChI=1S/C15H18N6O3S/c1-24-6-4-14-16-15(10-2-3-12-13(8-10)18-20-17-12)21(19-14)11-5-7-25(22,23)9-11/h2-3,8,11H,4-7,9H2,1H3,(H,17,18,20). The van der Waals surface area contributed by atoms with Crippen LogP contribution in [-0.4, -0.2) is 63.8 Å². The lowest BCUT2D eigenvalue weighted by molar-refractivity contribution is 0.200. The summed E-state index contributed by atoms with van der Waals surface area (Å²) in [6, 6.07) is 5.43. The Labute approximate surface area is 144 Å². The predicted molar refractivity (Wildman–Crippen MR) is 90.8 cm³/mol. The molecule has 1 aliphatic rings. The van der Waals surface area contributed by atoms with Gasteiger partial charge in [0.15, 0.2) is 21.5 Å². The molecule has 3 heterocycles. The van der Waals surface area contributed by atoms with Gasteiger partial charge in [-0.15, -0.1) is 0 Å². The van der Waals surface area contributed by atoms with E-state index in [1.807, 2.05) is 18.2 Å². The highest BCUT2D eigenvalue weighted by Crippen LogP contribution is 2.29. The molecule has 4 rings (SSSR count). The molecule has 10 heteroatoms. The van der Waals surface area contributed by atoms with Gasteiger partial charge in [-0.2, -0.15) is 20.5 Å². The summed E-state index contributed by atoms with van der Waals surface area (Å²) in [6.07, 6.45) is 1.12. The van der Waals surface area contributed by atoms with Gasteiger partial charge in [0.1, 0.15) is 11.0 Å². The van der Waals surface area contributed by atoms with E-state index in [0.29, 0.717) is 31.1 Å². The fourth-order valence-electron chi connectivity index (χ4n) is 3.07. The molecule has 1 fully saturated rings. The van der Waals surface area contributed by atoms with Crippen molar-refractivity contribution in [1.82, 2.24) is 30.2 Å². The lowest BCUT2D eigenvalue weighted by Gasteiger charge is -2.11. The van der Waals surface area contributed by atoms with Gasteiger partial charge in [-0.05, 0) is 24.6 Å². The average molecular weight is 362 g/mol. The minimum Gasteiger partial charge on any atom is -0.384 e. The van der Waals surface area contributed by atoms with Crippen molar-refractivity contribution >= 4 is 20.9 Å². The maximum absolute atomic E-state index is 11.9. The van der Waals surface area contributed by atoms with E-state index < -0.39 is 9.84 Å². The van der Waals surface area contributed by atoms with Gasteiger partial charge < -0.3 is 4.74 Å². The van der Waals surface area contributed by atoms with Gasteiger partial charge in [0.05, 0.1) is 24.2 Å². The smallest absolute Gasteiger partial charge is 0.158 e. The van der Waals surface area contributed by atoms with E-state index in [0.717, 1.165) is 16.6 Å². The van der Waals surface area contributed by atoms with Crippen molar-refractivity contribution in [3.8, 4) is 11.4 Å². The van der Waals surface area contributed by atoms with E-state index in [2.05, 4.69) is 25.5 Å². The fourth-order valence-corrected chi connectivity index (χ4v) is 4.76. The van der Waals surface area contributed by atoms with Crippen LogP contribution in [0.1, 0.15) is 18.3 Å². The van der Waals surface area contributed by atoms with Crippen LogP contribution in [0.4, 0.5) is 0 Å². The first-order valence-electron chi connectivity index (χ1n) is 8.01. The molecule has 1 atom stereocenters. The third-order valence-corrected chi connectivity index (χ3v) is 6.08. The monoisotopic (exact) mass is 362 g/mol. The van der Waals surface area contributed by atoms with Crippen LogP contribution < -0.4 is 0 Å². The van der Waals surface area contributed by atoms with Crippen LogP contribution in [0.3, 0.4) is 0 Å². The van der Waals surface area contributed by atoms with Crippen LogP contribution in [0.2, 0.25) is 0 Å². The molecule has 0 radical (unpaired) electrons. The zero-order valence-corrected chi connectivity index (χ0v) is 14.5. The number of fused-ring (bicyclic) bond motifs is 1. The zero-order valence-electron chi connectivity index (χ0n) is 13.7. The first kappa shape index (κ1) is 16.2. The Morgan fingerprint density at radius 1 is 1.32 bits per heavy atom. The third-order valence-electron chi connectivity index (χ3n) is 4.33. The van der Waals surface area contributed by atoms with Crippen molar-refractivity contribution in [2.24, 2.45) is 0 Å². The number of H-pyrrole nitrogens is 1. The Morgan fingerprint density at radius 2 is 2.16 bits per heavy atom. The summed E-state index contributed by atoms with van der Waals surface area (Å²) >= 11 is 0. The molecule has 25 heavy (non-hydrogen) atoms. The largest absolute Gasteiger partial charge is 0.384 e. The number of hydrogen-bond acceptors (Lipinski definition) is 7. The molecule has 1 N–H and O–H groups in total. The van der Waals surface area contributed by atoms with Gasteiger partial charge in [-0.25, -0.2) is 18.1 Å². The molecule has 0 saturated carbocycles.